The number of likely N-dealkylation sites (tertiary alicyclic amines) is 1. The van der Waals surface area contributed by atoms with Gasteiger partial charge in [-0.1, -0.05) is 6.07 Å². The van der Waals surface area contributed by atoms with Crippen LogP contribution in [0.15, 0.2) is 24.3 Å². The molecule has 1 aliphatic rings. The number of carbonyl (C=O) groups is 2. The maximum Gasteiger partial charge on any atom is 0.326 e. The van der Waals surface area contributed by atoms with Gasteiger partial charge in [-0.2, -0.15) is 5.26 Å². The first-order valence-corrected chi connectivity index (χ1v) is 6.00. The highest BCUT2D eigenvalue weighted by atomic mass is 16.4. The van der Waals surface area contributed by atoms with E-state index in [1.54, 1.807) is 18.2 Å². The first-order chi connectivity index (χ1) is 9.51. The van der Waals surface area contributed by atoms with E-state index in [0.717, 1.165) is 4.90 Å². The molecule has 0 radical (unpaired) electrons. The Morgan fingerprint density at radius 3 is 2.85 bits per heavy atom. The van der Waals surface area contributed by atoms with E-state index in [2.05, 4.69) is 5.32 Å². The minimum atomic E-state index is -1.15. The second-order valence-corrected chi connectivity index (χ2v) is 4.52. The molecular weight excluding hydrogens is 262 g/mol. The summed E-state index contributed by atoms with van der Waals surface area (Å²) in [5.41, 5.74) is 0.790. The molecule has 7 nitrogen and oxygen atoms in total. The van der Waals surface area contributed by atoms with E-state index in [1.165, 1.54) is 6.07 Å². The number of aliphatic hydroxyl groups excluding tert-OH is 1. The molecular formula is C13H13N3O4. The smallest absolute Gasteiger partial charge is 0.326 e. The standard InChI is InChI=1S/C13H13N3O4/c14-6-8-2-1-3-9(4-8)15-13(20)16-7-10(17)5-11(16)12(18)19/h1-4,10-11,17H,5,7H2,(H,15,20)(H,18,19)/t10-,11-/m0/s1. The van der Waals surface area contributed by atoms with Crippen LogP contribution in [-0.4, -0.2) is 45.8 Å². The Morgan fingerprint density at radius 1 is 1.45 bits per heavy atom. The molecule has 1 aromatic carbocycles. The number of nitrogens with zero attached hydrogens (tertiary/aromatic N) is 2. The number of β-amino-alcohol motifs (C(OH)–C–C–N with tert-alkyl or cyclic N) is 1. The van der Waals surface area contributed by atoms with Crippen LogP contribution >= 0.6 is 0 Å². The van der Waals surface area contributed by atoms with Gasteiger partial charge in [0.05, 0.1) is 17.7 Å². The van der Waals surface area contributed by atoms with Crippen LogP contribution < -0.4 is 5.32 Å². The second kappa shape index (κ2) is 5.59. The fraction of sp³-hybridized carbons (Fsp3) is 0.308. The molecule has 2 atom stereocenters. The zero-order valence-electron chi connectivity index (χ0n) is 10.5. The van der Waals surface area contributed by atoms with Gasteiger partial charge in [0, 0.05) is 18.7 Å². The Morgan fingerprint density at radius 2 is 2.20 bits per heavy atom. The summed E-state index contributed by atoms with van der Waals surface area (Å²) in [5, 5.41) is 29.8. The third-order valence-electron chi connectivity index (χ3n) is 3.07. The predicted molar refractivity (Wildman–Crippen MR) is 68.9 cm³/mol. The fourth-order valence-electron chi connectivity index (χ4n) is 2.13. The van der Waals surface area contributed by atoms with Crippen molar-refractivity contribution in [3.8, 4) is 6.07 Å². The van der Waals surface area contributed by atoms with Gasteiger partial charge in [0.2, 0.25) is 0 Å². The van der Waals surface area contributed by atoms with Gasteiger partial charge in [-0.3, -0.25) is 0 Å². The van der Waals surface area contributed by atoms with Crippen molar-refractivity contribution in [2.45, 2.75) is 18.6 Å². The number of carboxylic acids is 1. The summed E-state index contributed by atoms with van der Waals surface area (Å²) >= 11 is 0. The van der Waals surface area contributed by atoms with Crippen LogP contribution in [0.5, 0.6) is 0 Å². The Labute approximate surface area is 115 Å². The molecule has 104 valence electrons. The summed E-state index contributed by atoms with van der Waals surface area (Å²) in [4.78, 5) is 24.1. The molecule has 0 unspecified atom stereocenters. The van der Waals surface area contributed by atoms with Gasteiger partial charge in [-0.25, -0.2) is 9.59 Å². The molecule has 0 bridgehead atoms. The number of carbonyl (C=O) groups excluding carboxylic acids is 1. The zero-order valence-corrected chi connectivity index (χ0v) is 10.5. The van der Waals surface area contributed by atoms with Crippen molar-refractivity contribution in [2.24, 2.45) is 0 Å². The Kier molecular flexibility index (Phi) is 3.86. The highest BCUT2D eigenvalue weighted by Gasteiger charge is 2.38. The largest absolute Gasteiger partial charge is 0.480 e. The SMILES string of the molecule is N#Cc1cccc(NC(=O)N2C[C@@H](O)C[C@H]2C(=O)O)c1. The number of benzene rings is 1. The number of nitriles is 1. The molecule has 2 rings (SSSR count). The van der Waals surface area contributed by atoms with Crippen molar-refractivity contribution in [2.75, 3.05) is 11.9 Å². The monoisotopic (exact) mass is 275 g/mol. The summed E-state index contributed by atoms with van der Waals surface area (Å²) < 4.78 is 0. The average Bonchev–Trinajstić information content (AvgIpc) is 2.81. The van der Waals surface area contributed by atoms with E-state index in [0.29, 0.717) is 11.3 Å². The van der Waals surface area contributed by atoms with Gasteiger partial charge in [0.1, 0.15) is 6.04 Å². The lowest BCUT2D eigenvalue weighted by molar-refractivity contribution is -0.141. The van der Waals surface area contributed by atoms with Gasteiger partial charge >= 0.3 is 12.0 Å². The lowest BCUT2D eigenvalue weighted by atomic mass is 10.2. The first-order valence-electron chi connectivity index (χ1n) is 6.00. The molecule has 1 aromatic rings. The van der Waals surface area contributed by atoms with Crippen LogP contribution in [-0.2, 0) is 4.79 Å². The lowest BCUT2D eigenvalue weighted by Crippen LogP contribution is -2.43. The van der Waals surface area contributed by atoms with Crippen molar-refractivity contribution in [3.63, 3.8) is 0 Å². The van der Waals surface area contributed by atoms with Crippen molar-refractivity contribution in [1.82, 2.24) is 4.90 Å². The number of aliphatic carboxylic acids is 1. The van der Waals surface area contributed by atoms with E-state index in [-0.39, 0.29) is 13.0 Å². The third-order valence-corrected chi connectivity index (χ3v) is 3.07. The van der Waals surface area contributed by atoms with Crippen molar-refractivity contribution >= 4 is 17.7 Å². The quantitative estimate of drug-likeness (QED) is 0.731. The number of carboxylic acid groups (broad SMARTS) is 1. The highest BCUT2D eigenvalue weighted by Crippen LogP contribution is 2.20. The minimum Gasteiger partial charge on any atom is -0.480 e. The summed E-state index contributed by atoms with van der Waals surface area (Å²) in [6, 6.07) is 6.59. The van der Waals surface area contributed by atoms with Gasteiger partial charge < -0.3 is 20.4 Å². The fourth-order valence-corrected chi connectivity index (χ4v) is 2.13. The number of hydrogen-bond acceptors (Lipinski definition) is 4. The molecule has 0 saturated carbocycles. The summed E-state index contributed by atoms with van der Waals surface area (Å²) in [6.07, 6.45) is -0.826. The normalized spacial score (nSPS) is 21.3. The first kappa shape index (κ1) is 13.8. The maximum atomic E-state index is 12.0. The van der Waals surface area contributed by atoms with Crippen LogP contribution in [0.4, 0.5) is 10.5 Å². The average molecular weight is 275 g/mol. The van der Waals surface area contributed by atoms with Crippen molar-refractivity contribution in [1.29, 1.82) is 5.26 Å². The zero-order chi connectivity index (χ0) is 14.7. The molecule has 0 aliphatic carbocycles. The molecule has 1 fully saturated rings. The van der Waals surface area contributed by atoms with E-state index >= 15 is 0 Å². The van der Waals surface area contributed by atoms with Crippen LogP contribution in [0.1, 0.15) is 12.0 Å². The molecule has 7 heteroatoms. The summed E-state index contributed by atoms with van der Waals surface area (Å²) in [7, 11) is 0. The van der Waals surface area contributed by atoms with Crippen LogP contribution in [0.3, 0.4) is 0 Å². The van der Waals surface area contributed by atoms with E-state index in [9.17, 15) is 14.7 Å². The van der Waals surface area contributed by atoms with Crippen LogP contribution in [0.25, 0.3) is 0 Å². The topological polar surface area (TPSA) is 114 Å². The molecule has 0 spiro atoms. The molecule has 3 N–H and O–H groups in total. The van der Waals surface area contributed by atoms with Crippen LogP contribution in [0, 0.1) is 11.3 Å². The molecule has 1 aliphatic heterocycles. The van der Waals surface area contributed by atoms with Crippen LogP contribution in [0.2, 0.25) is 0 Å². The minimum absolute atomic E-state index is 0.0149. The second-order valence-electron chi connectivity index (χ2n) is 4.52. The molecule has 0 aromatic heterocycles. The van der Waals surface area contributed by atoms with E-state index in [4.69, 9.17) is 10.4 Å². The summed E-state index contributed by atoms with van der Waals surface area (Å²) in [5.74, 6) is -1.15. The number of nitrogens with one attached hydrogen (secondary N) is 1. The van der Waals surface area contributed by atoms with Gasteiger partial charge in [0.15, 0.2) is 0 Å². The Bertz CT molecular complexity index is 581. The highest BCUT2D eigenvalue weighted by molar-refractivity contribution is 5.93. The maximum absolute atomic E-state index is 12.0. The van der Waals surface area contributed by atoms with Crippen molar-refractivity contribution < 1.29 is 19.8 Å². The number of anilines is 1. The molecule has 2 amide bonds. The molecule has 1 heterocycles. The Balaban J connectivity index is 2.11. The number of hydrogen-bond donors (Lipinski definition) is 3. The van der Waals surface area contributed by atoms with E-state index in [1.807, 2.05) is 6.07 Å². The third kappa shape index (κ3) is 2.87. The molecule has 1 saturated heterocycles. The van der Waals surface area contributed by atoms with Gasteiger partial charge in [-0.05, 0) is 18.2 Å². The number of aliphatic hydroxyl groups is 1. The summed E-state index contributed by atoms with van der Waals surface area (Å²) in [6.45, 7) is -0.0270. The number of urea groups is 1. The van der Waals surface area contributed by atoms with Gasteiger partial charge in [0.25, 0.3) is 0 Å². The van der Waals surface area contributed by atoms with Gasteiger partial charge in [-0.15, -0.1) is 0 Å². The predicted octanol–water partition coefficient (Wildman–Crippen LogP) is 0.610. The number of amides is 2. The number of rotatable bonds is 2. The van der Waals surface area contributed by atoms with Crippen molar-refractivity contribution in [3.05, 3.63) is 29.8 Å². The van der Waals surface area contributed by atoms with E-state index < -0.39 is 24.1 Å². The molecule has 20 heavy (non-hydrogen) atoms. The Hall–Kier alpha value is -2.59. The lowest BCUT2D eigenvalue weighted by Gasteiger charge is -2.21.